The van der Waals surface area contributed by atoms with Gasteiger partial charge >= 0.3 is 7.82 Å². The zero-order chi connectivity index (χ0) is 13.9. The zero-order valence-electron chi connectivity index (χ0n) is 11.2. The van der Waals surface area contributed by atoms with Crippen molar-refractivity contribution in [2.75, 3.05) is 19.8 Å². The third-order valence-electron chi connectivity index (χ3n) is 2.20. The normalized spacial score (nSPS) is 13.8. The Morgan fingerprint density at radius 1 is 1.06 bits per heavy atom. The van der Waals surface area contributed by atoms with Crippen molar-refractivity contribution in [2.24, 2.45) is 0 Å². The Labute approximate surface area is 109 Å². The first-order chi connectivity index (χ1) is 8.49. The van der Waals surface area contributed by atoms with Crippen molar-refractivity contribution in [3.8, 4) is 0 Å². The molecular weight excluding hydrogens is 259 g/mol. The highest BCUT2D eigenvalue weighted by atomic mass is 31.2. The minimum atomic E-state index is -4.51. The molecule has 0 aliphatic carbocycles. The summed E-state index contributed by atoms with van der Waals surface area (Å²) in [6, 6.07) is 0. The summed E-state index contributed by atoms with van der Waals surface area (Å²) in [6.07, 6.45) is 3.22. The Hall–Kier alpha value is 0.0300. The van der Waals surface area contributed by atoms with Gasteiger partial charge in [-0.25, -0.2) is 4.57 Å². The molecule has 0 heterocycles. The molecule has 0 aromatic carbocycles. The molecule has 7 heteroatoms. The topological polar surface area (TPSA) is 85.2 Å². The second-order valence-corrected chi connectivity index (χ2v) is 5.20. The Balaban J connectivity index is 3.85. The minimum Gasteiger partial charge on any atom is -0.381 e. The molecule has 0 rings (SSSR count). The molecule has 6 nitrogen and oxygen atoms in total. The van der Waals surface area contributed by atoms with E-state index in [0.29, 0.717) is 26.2 Å². The third kappa shape index (κ3) is 12.5. The molecule has 0 fully saturated rings. The largest absolute Gasteiger partial charge is 0.471 e. The van der Waals surface area contributed by atoms with Crippen LogP contribution in [0.25, 0.3) is 0 Å². The van der Waals surface area contributed by atoms with Crippen LogP contribution < -0.4 is 0 Å². The van der Waals surface area contributed by atoms with Crippen molar-refractivity contribution in [1.29, 1.82) is 0 Å². The van der Waals surface area contributed by atoms with Gasteiger partial charge in [-0.3, -0.25) is 4.52 Å². The molecule has 0 saturated heterocycles. The fourth-order valence-electron chi connectivity index (χ4n) is 1.21. The first-order valence-corrected chi connectivity index (χ1v) is 7.96. The molecule has 1 atom stereocenters. The molecule has 0 radical (unpaired) electrons. The molecule has 0 spiro atoms. The molecule has 0 amide bonds. The van der Waals surface area contributed by atoms with Gasteiger partial charge in [-0.05, 0) is 12.8 Å². The van der Waals surface area contributed by atoms with Gasteiger partial charge in [0, 0.05) is 19.6 Å². The van der Waals surface area contributed by atoms with Crippen LogP contribution in [0.5, 0.6) is 0 Å². The summed E-state index contributed by atoms with van der Waals surface area (Å²) in [4.78, 5) is 17.5. The van der Waals surface area contributed by atoms with Crippen LogP contribution in [0.4, 0.5) is 0 Å². The van der Waals surface area contributed by atoms with Crippen LogP contribution in [0.15, 0.2) is 0 Å². The van der Waals surface area contributed by atoms with Crippen molar-refractivity contribution in [2.45, 2.75) is 52.2 Å². The summed E-state index contributed by atoms with van der Waals surface area (Å²) in [5.74, 6) is 0. The smallest absolute Gasteiger partial charge is 0.381 e. The summed E-state index contributed by atoms with van der Waals surface area (Å²) < 4.78 is 25.9. The van der Waals surface area contributed by atoms with E-state index < -0.39 is 14.1 Å². The lowest BCUT2D eigenvalue weighted by molar-refractivity contribution is -0.106. The Kier molecular flexibility index (Phi) is 10.9. The van der Waals surface area contributed by atoms with E-state index in [1.165, 1.54) is 0 Å². The van der Waals surface area contributed by atoms with E-state index in [1.54, 1.807) is 0 Å². The summed E-state index contributed by atoms with van der Waals surface area (Å²) >= 11 is 0. The van der Waals surface area contributed by atoms with E-state index in [9.17, 15) is 4.57 Å². The molecule has 18 heavy (non-hydrogen) atoms. The number of phosphoric ester groups is 1. The Morgan fingerprint density at radius 3 is 2.22 bits per heavy atom. The van der Waals surface area contributed by atoms with Crippen LogP contribution in [0, 0.1) is 0 Å². The Bertz CT molecular complexity index is 230. The van der Waals surface area contributed by atoms with Crippen LogP contribution in [-0.2, 0) is 18.6 Å². The van der Waals surface area contributed by atoms with Crippen molar-refractivity contribution in [1.82, 2.24) is 0 Å². The monoisotopic (exact) mass is 284 g/mol. The highest BCUT2D eigenvalue weighted by molar-refractivity contribution is 7.46. The zero-order valence-corrected chi connectivity index (χ0v) is 12.1. The van der Waals surface area contributed by atoms with Gasteiger partial charge in [0.2, 0.25) is 0 Å². The maximum atomic E-state index is 10.8. The fraction of sp³-hybridized carbons (Fsp3) is 1.00. The van der Waals surface area contributed by atoms with Crippen LogP contribution in [0.3, 0.4) is 0 Å². The van der Waals surface area contributed by atoms with E-state index in [0.717, 1.165) is 25.7 Å². The SMILES string of the molecule is CCCCOCCC(OCCCC)OP(=O)(O)O. The van der Waals surface area contributed by atoms with Gasteiger partial charge in [-0.1, -0.05) is 26.7 Å². The molecule has 0 saturated carbocycles. The second kappa shape index (κ2) is 10.9. The van der Waals surface area contributed by atoms with E-state index in [1.807, 2.05) is 6.92 Å². The number of hydrogen-bond acceptors (Lipinski definition) is 4. The molecule has 0 bridgehead atoms. The van der Waals surface area contributed by atoms with E-state index in [-0.39, 0.29) is 0 Å². The first kappa shape index (κ1) is 18.0. The van der Waals surface area contributed by atoms with Gasteiger partial charge in [0.25, 0.3) is 0 Å². The summed E-state index contributed by atoms with van der Waals surface area (Å²) in [5, 5.41) is 0. The molecule has 0 aliphatic rings. The summed E-state index contributed by atoms with van der Waals surface area (Å²) in [7, 11) is -4.51. The molecule has 0 aromatic rings. The summed E-state index contributed by atoms with van der Waals surface area (Å²) in [6.45, 7) is 5.52. The predicted molar refractivity (Wildman–Crippen MR) is 68.1 cm³/mol. The number of rotatable bonds is 12. The minimum absolute atomic E-state index is 0.318. The number of ether oxygens (including phenoxy) is 2. The van der Waals surface area contributed by atoms with Crippen molar-refractivity contribution >= 4 is 7.82 Å². The third-order valence-corrected chi connectivity index (χ3v) is 2.71. The second-order valence-electron chi connectivity index (χ2n) is 4.00. The lowest BCUT2D eigenvalue weighted by atomic mass is 10.3. The lowest BCUT2D eigenvalue weighted by Crippen LogP contribution is -2.19. The first-order valence-electron chi connectivity index (χ1n) is 6.43. The molecule has 0 aromatic heterocycles. The number of phosphoric acid groups is 1. The molecular formula is C11H25O6P. The van der Waals surface area contributed by atoms with Gasteiger partial charge in [-0.2, -0.15) is 0 Å². The maximum absolute atomic E-state index is 10.8. The predicted octanol–water partition coefficient (Wildman–Crippen LogP) is 2.45. The molecule has 2 N–H and O–H groups in total. The van der Waals surface area contributed by atoms with Gasteiger partial charge in [0.15, 0.2) is 6.29 Å². The maximum Gasteiger partial charge on any atom is 0.471 e. The van der Waals surface area contributed by atoms with Crippen LogP contribution in [-0.4, -0.2) is 35.9 Å². The van der Waals surface area contributed by atoms with Crippen molar-refractivity contribution in [3.05, 3.63) is 0 Å². The van der Waals surface area contributed by atoms with E-state index in [4.69, 9.17) is 19.3 Å². The van der Waals surface area contributed by atoms with Gasteiger partial charge < -0.3 is 19.3 Å². The number of unbranched alkanes of at least 4 members (excludes halogenated alkanes) is 2. The van der Waals surface area contributed by atoms with Crippen LogP contribution >= 0.6 is 7.82 Å². The standard InChI is InChI=1S/C11H25O6P/c1-3-5-8-15-10-7-11(16-9-6-4-2)17-18(12,13)14/h11H,3-10H2,1-2H3,(H2,12,13,14). The van der Waals surface area contributed by atoms with Crippen LogP contribution in [0.2, 0.25) is 0 Å². The fourth-order valence-corrected chi connectivity index (χ4v) is 1.68. The summed E-state index contributed by atoms with van der Waals surface area (Å²) in [5.41, 5.74) is 0. The highest BCUT2D eigenvalue weighted by Gasteiger charge is 2.22. The van der Waals surface area contributed by atoms with Crippen LogP contribution in [0.1, 0.15) is 46.0 Å². The average molecular weight is 284 g/mol. The highest BCUT2D eigenvalue weighted by Crippen LogP contribution is 2.38. The Morgan fingerprint density at radius 2 is 1.67 bits per heavy atom. The van der Waals surface area contributed by atoms with Crippen molar-refractivity contribution in [3.63, 3.8) is 0 Å². The average Bonchev–Trinajstić information content (AvgIpc) is 2.27. The van der Waals surface area contributed by atoms with Gasteiger partial charge in [0.05, 0.1) is 6.61 Å². The molecule has 1 unspecified atom stereocenters. The lowest BCUT2D eigenvalue weighted by Gasteiger charge is -2.18. The molecule has 0 aliphatic heterocycles. The van der Waals surface area contributed by atoms with E-state index >= 15 is 0 Å². The molecule has 110 valence electrons. The van der Waals surface area contributed by atoms with Gasteiger partial charge in [-0.15, -0.1) is 0 Å². The van der Waals surface area contributed by atoms with E-state index in [2.05, 4.69) is 11.4 Å². The quantitative estimate of drug-likeness (QED) is 0.325. The van der Waals surface area contributed by atoms with Gasteiger partial charge in [0.1, 0.15) is 0 Å². The number of hydrogen-bond donors (Lipinski definition) is 2. The van der Waals surface area contributed by atoms with Crippen molar-refractivity contribution < 1.29 is 28.3 Å².